The van der Waals surface area contributed by atoms with Crippen molar-refractivity contribution in [2.24, 2.45) is 0 Å². The first kappa shape index (κ1) is 18.2. The van der Waals surface area contributed by atoms with Gasteiger partial charge >= 0.3 is 0 Å². The molecule has 0 amide bonds. The molecule has 0 radical (unpaired) electrons. The van der Waals surface area contributed by atoms with Crippen LogP contribution in [0.3, 0.4) is 0 Å². The Morgan fingerprint density at radius 2 is 1.56 bits per heavy atom. The highest BCUT2D eigenvalue weighted by Crippen LogP contribution is 2.40. The first-order valence-corrected chi connectivity index (χ1v) is 8.09. The lowest BCUT2D eigenvalue weighted by atomic mass is 10.2. The molecule has 2 heterocycles. The molecule has 0 aliphatic heterocycles. The highest BCUT2D eigenvalue weighted by molar-refractivity contribution is 5.67. The number of pyridine rings is 1. The number of hydrogen-bond acceptors (Lipinski definition) is 8. The van der Waals surface area contributed by atoms with Gasteiger partial charge in [-0.3, -0.25) is 0 Å². The first-order chi connectivity index (χ1) is 13.2. The Labute approximate surface area is 157 Å². The Morgan fingerprint density at radius 1 is 0.815 bits per heavy atom. The summed E-state index contributed by atoms with van der Waals surface area (Å²) in [6.07, 6.45) is 3.34. The van der Waals surface area contributed by atoms with E-state index < -0.39 is 0 Å². The van der Waals surface area contributed by atoms with Crippen LogP contribution in [-0.2, 0) is 0 Å². The van der Waals surface area contributed by atoms with Crippen molar-refractivity contribution in [3.63, 3.8) is 0 Å². The van der Waals surface area contributed by atoms with Crippen molar-refractivity contribution in [2.45, 2.75) is 0 Å². The van der Waals surface area contributed by atoms with Gasteiger partial charge in [0.15, 0.2) is 17.3 Å². The van der Waals surface area contributed by atoms with E-state index in [-0.39, 0.29) is 0 Å². The maximum Gasteiger partial charge on any atom is 0.212 e. The largest absolute Gasteiger partial charge is 0.493 e. The van der Waals surface area contributed by atoms with Crippen LogP contribution in [0.15, 0.2) is 42.7 Å². The number of rotatable bonds is 7. The molecule has 1 aromatic carbocycles. The fourth-order valence-electron chi connectivity index (χ4n) is 2.50. The van der Waals surface area contributed by atoms with Gasteiger partial charge < -0.3 is 24.3 Å². The van der Waals surface area contributed by atoms with Gasteiger partial charge in [0.1, 0.15) is 5.82 Å². The number of nitrogens with zero attached hydrogens (tertiary/aromatic N) is 3. The lowest BCUT2D eigenvalue weighted by Crippen LogP contribution is -2.00. The van der Waals surface area contributed by atoms with E-state index >= 15 is 0 Å². The highest BCUT2D eigenvalue weighted by Gasteiger charge is 2.14. The van der Waals surface area contributed by atoms with Crippen LogP contribution in [0.5, 0.6) is 23.1 Å². The summed E-state index contributed by atoms with van der Waals surface area (Å²) in [7, 11) is 6.27. The Bertz CT molecular complexity index is 891. The van der Waals surface area contributed by atoms with Crippen molar-refractivity contribution >= 4 is 11.5 Å². The minimum atomic E-state index is 0.526. The van der Waals surface area contributed by atoms with E-state index in [0.717, 1.165) is 11.3 Å². The summed E-state index contributed by atoms with van der Waals surface area (Å²) < 4.78 is 21.2. The second-order valence-corrected chi connectivity index (χ2v) is 5.39. The molecule has 3 aromatic rings. The molecule has 0 atom stereocenters. The molecule has 0 bridgehead atoms. The maximum absolute atomic E-state index is 5.37. The molecule has 0 saturated carbocycles. The van der Waals surface area contributed by atoms with Crippen LogP contribution in [0.4, 0.5) is 11.5 Å². The number of methoxy groups -OCH3 is 4. The van der Waals surface area contributed by atoms with Crippen LogP contribution in [0, 0.1) is 0 Å². The number of hydrogen-bond donors (Lipinski definition) is 1. The number of benzene rings is 1. The van der Waals surface area contributed by atoms with Crippen LogP contribution in [-0.4, -0.2) is 43.4 Å². The monoisotopic (exact) mass is 368 g/mol. The standard InChI is InChI=1S/C19H20N4O4/c1-24-14-9-13(10-15(25-2)18(14)27-4)22-16-7-8-20-19(23-16)12-5-6-17(26-3)21-11-12/h5-11H,1-4H3,(H,20,22,23). The third-order valence-corrected chi connectivity index (χ3v) is 3.80. The second kappa shape index (κ2) is 8.22. The van der Waals surface area contributed by atoms with E-state index in [1.165, 1.54) is 0 Å². The molecule has 0 unspecified atom stereocenters. The molecule has 8 heteroatoms. The Morgan fingerprint density at radius 3 is 2.11 bits per heavy atom. The van der Waals surface area contributed by atoms with E-state index in [0.29, 0.717) is 34.8 Å². The summed E-state index contributed by atoms with van der Waals surface area (Å²) in [4.78, 5) is 13.0. The molecular weight excluding hydrogens is 348 g/mol. The van der Waals surface area contributed by atoms with E-state index in [1.807, 2.05) is 6.07 Å². The average Bonchev–Trinajstić information content (AvgIpc) is 2.73. The number of nitrogens with one attached hydrogen (secondary N) is 1. The lowest BCUT2D eigenvalue weighted by Gasteiger charge is -2.15. The van der Waals surface area contributed by atoms with E-state index in [4.69, 9.17) is 18.9 Å². The highest BCUT2D eigenvalue weighted by atomic mass is 16.5. The smallest absolute Gasteiger partial charge is 0.212 e. The van der Waals surface area contributed by atoms with Crippen molar-refractivity contribution in [1.82, 2.24) is 15.0 Å². The van der Waals surface area contributed by atoms with Crippen LogP contribution in [0.1, 0.15) is 0 Å². The Kier molecular flexibility index (Phi) is 5.55. The minimum absolute atomic E-state index is 0.526. The third-order valence-electron chi connectivity index (χ3n) is 3.80. The first-order valence-electron chi connectivity index (χ1n) is 8.09. The number of aromatic nitrogens is 3. The van der Waals surface area contributed by atoms with Gasteiger partial charge in [0.05, 0.1) is 28.4 Å². The summed E-state index contributed by atoms with van der Waals surface area (Å²) >= 11 is 0. The molecule has 27 heavy (non-hydrogen) atoms. The van der Waals surface area contributed by atoms with Gasteiger partial charge in [0.2, 0.25) is 11.6 Å². The Balaban J connectivity index is 1.90. The van der Waals surface area contributed by atoms with Crippen LogP contribution in [0.25, 0.3) is 11.4 Å². The van der Waals surface area contributed by atoms with E-state index in [2.05, 4.69) is 20.3 Å². The lowest BCUT2D eigenvalue weighted by molar-refractivity contribution is 0.324. The fourth-order valence-corrected chi connectivity index (χ4v) is 2.50. The van der Waals surface area contributed by atoms with E-state index in [9.17, 15) is 0 Å². The van der Waals surface area contributed by atoms with Crippen molar-refractivity contribution in [1.29, 1.82) is 0 Å². The van der Waals surface area contributed by atoms with Crippen molar-refractivity contribution in [2.75, 3.05) is 33.8 Å². The van der Waals surface area contributed by atoms with Crippen LogP contribution < -0.4 is 24.3 Å². The predicted molar refractivity (Wildman–Crippen MR) is 101 cm³/mol. The molecule has 1 N–H and O–H groups in total. The summed E-state index contributed by atoms with van der Waals surface area (Å²) in [5.74, 6) is 3.32. The summed E-state index contributed by atoms with van der Waals surface area (Å²) in [6.45, 7) is 0. The maximum atomic E-state index is 5.37. The van der Waals surface area contributed by atoms with Gasteiger partial charge in [0, 0.05) is 41.8 Å². The molecule has 8 nitrogen and oxygen atoms in total. The molecular formula is C19H20N4O4. The summed E-state index contributed by atoms with van der Waals surface area (Å²) in [5, 5.41) is 3.23. The molecule has 140 valence electrons. The van der Waals surface area contributed by atoms with Crippen molar-refractivity contribution in [3.8, 4) is 34.5 Å². The zero-order valence-electron chi connectivity index (χ0n) is 15.5. The van der Waals surface area contributed by atoms with Crippen LogP contribution >= 0.6 is 0 Å². The predicted octanol–water partition coefficient (Wildman–Crippen LogP) is 3.32. The third kappa shape index (κ3) is 4.00. The van der Waals surface area contributed by atoms with Gasteiger partial charge in [0.25, 0.3) is 0 Å². The van der Waals surface area contributed by atoms with Gasteiger partial charge in [-0.1, -0.05) is 0 Å². The van der Waals surface area contributed by atoms with Gasteiger partial charge in [-0.2, -0.15) is 0 Å². The van der Waals surface area contributed by atoms with Crippen LogP contribution in [0.2, 0.25) is 0 Å². The SMILES string of the molecule is COc1ccc(-c2nccc(Nc3cc(OC)c(OC)c(OC)c3)n2)cn1. The van der Waals surface area contributed by atoms with Gasteiger partial charge in [-0.05, 0) is 12.1 Å². The number of ether oxygens (including phenoxy) is 4. The normalized spacial score (nSPS) is 10.2. The fraction of sp³-hybridized carbons (Fsp3) is 0.211. The topological polar surface area (TPSA) is 87.6 Å². The van der Waals surface area contributed by atoms with E-state index in [1.54, 1.807) is 65.1 Å². The average molecular weight is 368 g/mol. The molecule has 0 aliphatic rings. The zero-order valence-corrected chi connectivity index (χ0v) is 15.5. The number of anilines is 2. The van der Waals surface area contributed by atoms with Crippen molar-refractivity contribution in [3.05, 3.63) is 42.7 Å². The minimum Gasteiger partial charge on any atom is -0.493 e. The van der Waals surface area contributed by atoms with Gasteiger partial charge in [-0.25, -0.2) is 15.0 Å². The van der Waals surface area contributed by atoms with Crippen molar-refractivity contribution < 1.29 is 18.9 Å². The van der Waals surface area contributed by atoms with Gasteiger partial charge in [-0.15, -0.1) is 0 Å². The molecule has 0 fully saturated rings. The Hall–Kier alpha value is -3.55. The summed E-state index contributed by atoms with van der Waals surface area (Å²) in [6, 6.07) is 8.99. The zero-order chi connectivity index (χ0) is 19.2. The molecule has 3 rings (SSSR count). The second-order valence-electron chi connectivity index (χ2n) is 5.39. The molecule has 0 saturated heterocycles. The quantitative estimate of drug-likeness (QED) is 0.679. The molecule has 2 aromatic heterocycles. The summed E-state index contributed by atoms with van der Waals surface area (Å²) in [5.41, 5.74) is 1.52. The molecule has 0 aliphatic carbocycles. The molecule has 0 spiro atoms.